The summed E-state index contributed by atoms with van der Waals surface area (Å²) in [5.74, 6) is -0.760. The molecule has 5 aromatic rings. The minimum Gasteiger partial charge on any atom is -0.459 e. The summed E-state index contributed by atoms with van der Waals surface area (Å²) < 4.78 is 37.5. The van der Waals surface area contributed by atoms with Crippen molar-refractivity contribution in [1.29, 1.82) is 0 Å². The molecule has 1 aromatic heterocycles. The van der Waals surface area contributed by atoms with E-state index in [4.69, 9.17) is 33.4 Å². The maximum atomic E-state index is 14.2. The molecule has 4 aromatic carbocycles. The Labute approximate surface area is 583 Å². The molecule has 23 heteroatoms. The Balaban J connectivity index is 0.000000202. The van der Waals surface area contributed by atoms with Crippen molar-refractivity contribution >= 4 is 40.8 Å². The highest BCUT2D eigenvalue weighted by molar-refractivity contribution is 7.99. The van der Waals surface area contributed by atoms with Crippen LogP contribution in [0.15, 0.2) is 112 Å². The van der Waals surface area contributed by atoms with Gasteiger partial charge in [-0.3, -0.25) is 19.5 Å². The van der Waals surface area contributed by atoms with Gasteiger partial charge in [0.05, 0.1) is 59.5 Å². The lowest BCUT2D eigenvalue weighted by atomic mass is 9.77. The van der Waals surface area contributed by atoms with Crippen molar-refractivity contribution in [2.24, 2.45) is 22.7 Å². The van der Waals surface area contributed by atoms with Gasteiger partial charge in [-0.25, -0.2) is 5.10 Å². The number of carbonyl (C=O) groups excluding carboxylic acids is 2. The highest BCUT2D eigenvalue weighted by Gasteiger charge is 2.54. The molecule has 5 aliphatic heterocycles. The maximum absolute atomic E-state index is 14.2. The molecule has 1 aliphatic carbocycles. The molecule has 538 valence electrons. The number of H-pyrrole nitrogens is 1. The Morgan fingerprint density at radius 2 is 1.43 bits per heavy atom. The van der Waals surface area contributed by atoms with Crippen molar-refractivity contribution in [2.45, 2.75) is 259 Å². The molecule has 1 saturated carbocycles. The second-order valence-electron chi connectivity index (χ2n) is 29.1. The van der Waals surface area contributed by atoms with Gasteiger partial charge in [0.15, 0.2) is 18.4 Å². The number of rotatable bonds is 14. The molecule has 1 spiro atoms. The second-order valence-corrected chi connectivity index (χ2v) is 30.2. The van der Waals surface area contributed by atoms with E-state index >= 15 is 0 Å². The lowest BCUT2D eigenvalue weighted by Gasteiger charge is -2.48. The van der Waals surface area contributed by atoms with Crippen LogP contribution in [0, 0.1) is 17.8 Å². The van der Waals surface area contributed by atoms with Gasteiger partial charge in [-0.1, -0.05) is 132 Å². The summed E-state index contributed by atoms with van der Waals surface area (Å²) in [5.41, 5.74) is 1.77. The fourth-order valence-corrected chi connectivity index (χ4v) is 16.2. The van der Waals surface area contributed by atoms with E-state index in [1.54, 1.807) is 41.5 Å². The van der Waals surface area contributed by atoms with Crippen LogP contribution in [0.3, 0.4) is 0 Å². The number of ether oxygens (including phenoxy) is 6. The van der Waals surface area contributed by atoms with Gasteiger partial charge in [0, 0.05) is 59.9 Å². The number of aromatic nitrogens is 4. The van der Waals surface area contributed by atoms with Gasteiger partial charge in [-0.05, 0) is 165 Å². The van der Waals surface area contributed by atoms with Crippen molar-refractivity contribution in [3.8, 4) is 22.5 Å². The molecular weight excluding hydrogens is 1270 g/mol. The fourth-order valence-electron chi connectivity index (χ4n) is 15.2. The number of methoxy groups -OCH3 is 1. The predicted octanol–water partition coefficient (Wildman–Crippen LogP) is 10.6. The number of anilines is 2. The van der Waals surface area contributed by atoms with Crippen molar-refractivity contribution < 1.29 is 63.5 Å². The number of hydrogen-bond acceptors (Lipinski definition) is 21. The molecule has 6 aliphatic rings. The highest BCUT2D eigenvalue weighted by atomic mass is 32.2. The van der Waals surface area contributed by atoms with Crippen LogP contribution in [-0.4, -0.2) is 209 Å². The van der Waals surface area contributed by atoms with Crippen LogP contribution < -0.4 is 5.32 Å². The minimum atomic E-state index is -1.80. The van der Waals surface area contributed by atoms with Crippen LogP contribution in [0.2, 0.25) is 0 Å². The van der Waals surface area contributed by atoms with Gasteiger partial charge in [0.25, 0.3) is 5.91 Å². The number of fused-ring (bicyclic) bond motifs is 2. The van der Waals surface area contributed by atoms with Gasteiger partial charge in [0.2, 0.25) is 0 Å². The number of aromatic amines is 1. The third-order valence-corrected chi connectivity index (χ3v) is 22.2. The number of amides is 1. The molecule has 0 unspecified atom stereocenters. The third-order valence-electron chi connectivity index (χ3n) is 21.1. The van der Waals surface area contributed by atoms with E-state index in [0.29, 0.717) is 25.3 Å². The van der Waals surface area contributed by atoms with Crippen LogP contribution in [-0.2, 0) is 44.6 Å². The van der Waals surface area contributed by atoms with E-state index in [-0.39, 0.29) is 43.2 Å². The number of likely N-dealkylation sites (N-methyl/N-ethyl adjacent to an activating group) is 2. The zero-order chi connectivity index (χ0) is 71.0. The van der Waals surface area contributed by atoms with E-state index < -0.39 is 101 Å². The van der Waals surface area contributed by atoms with Crippen molar-refractivity contribution in [3.05, 3.63) is 103 Å². The number of aliphatic imine (C=N–C) groups is 1. The smallest absolute Gasteiger partial charge is 0.311 e. The lowest BCUT2D eigenvalue weighted by Crippen LogP contribution is -2.60. The average molecular weight is 1380 g/mol. The van der Waals surface area contributed by atoms with Crippen molar-refractivity contribution in [2.75, 3.05) is 40.1 Å². The first-order chi connectivity index (χ1) is 46.5. The maximum Gasteiger partial charge on any atom is 0.311 e. The van der Waals surface area contributed by atoms with E-state index in [2.05, 4.69) is 112 Å². The molecule has 22 nitrogen and oxygen atoms in total. The number of cyclic esters (lactones) is 1. The summed E-state index contributed by atoms with van der Waals surface area (Å²) in [7, 11) is 7.12. The van der Waals surface area contributed by atoms with Crippen LogP contribution >= 0.6 is 11.8 Å². The molecule has 98 heavy (non-hydrogen) atoms. The lowest BCUT2D eigenvalue weighted by molar-refractivity contribution is -0.318. The summed E-state index contributed by atoms with van der Waals surface area (Å²) in [6, 6.07) is 32.4. The van der Waals surface area contributed by atoms with E-state index in [1.165, 1.54) is 35.2 Å². The predicted molar refractivity (Wildman–Crippen MR) is 378 cm³/mol. The zero-order valence-corrected chi connectivity index (χ0v) is 60.9. The number of benzene rings is 4. The summed E-state index contributed by atoms with van der Waals surface area (Å²) in [6.07, 6.45) is -1.18. The number of nitrogens with one attached hydrogen (secondary N) is 2. The number of aliphatic hydroxyl groups is 5. The van der Waals surface area contributed by atoms with Crippen LogP contribution in [0.5, 0.6) is 0 Å². The Hall–Kier alpha value is -5.77. The highest BCUT2D eigenvalue weighted by Crippen LogP contribution is 2.45. The van der Waals surface area contributed by atoms with Gasteiger partial charge in [-0.2, -0.15) is 0 Å². The molecule has 1 amide bonds. The number of aliphatic hydroxyl groups excluding tert-OH is 3. The van der Waals surface area contributed by atoms with Crippen LogP contribution in [0.25, 0.3) is 22.5 Å². The normalized spacial score (nSPS) is 33.8. The number of nitrogens with zero attached hydrogens (tertiary/aromatic N) is 7. The SMILES string of the molecule is CCCCC1=NC2(CCCC2)C(=O)N1Cc1ccc(-c2ccccc2-c2nnn[nH]2)cc1.CC[C@H]1OC(=O)[C@H](C)[C@@H](O[C@H]2C[C@@](C)(OC)[C@@H](O)[C@H](C)O2)[C@H](C)[C@@H](O[C@@H]2O[C@H](C)C[C@H](N(C)C)[C@H]2O)[C@](C)(O)C[C@@H](C)CN(C)[C@H](C)[C@@H](O)[C@]1(C)O.c1ccc2c(c1)Nc1ccccc1S2. The number of unbranched alkanes of at least 4 members (excludes halogenated alkanes) is 1. The first-order valence-corrected chi connectivity index (χ1v) is 36.1. The topological polar surface area (TPSA) is 279 Å². The summed E-state index contributed by atoms with van der Waals surface area (Å²) in [6.45, 7) is 20.8. The van der Waals surface area contributed by atoms with Crippen molar-refractivity contribution in [1.82, 2.24) is 35.3 Å². The van der Waals surface area contributed by atoms with Gasteiger partial charge < -0.3 is 69.1 Å². The summed E-state index contributed by atoms with van der Waals surface area (Å²) >= 11 is 1.82. The Morgan fingerprint density at radius 1 is 0.796 bits per heavy atom. The van der Waals surface area contributed by atoms with Crippen LogP contribution in [0.4, 0.5) is 11.4 Å². The quantitative estimate of drug-likeness (QED) is 0.0499. The Bertz CT molecular complexity index is 3340. The number of esters is 1. The molecule has 18 atom stereocenters. The molecule has 7 N–H and O–H groups in total. The summed E-state index contributed by atoms with van der Waals surface area (Å²) in [4.78, 5) is 40.9. The molecule has 6 heterocycles. The first-order valence-electron chi connectivity index (χ1n) is 35.2. The number of tetrazole rings is 1. The fraction of sp³-hybridized carbons (Fsp3) is 0.627. The largest absolute Gasteiger partial charge is 0.459 e. The van der Waals surface area contributed by atoms with Crippen molar-refractivity contribution in [3.63, 3.8) is 0 Å². The standard InChI is InChI=1S/C38H72N2O12.C25H28N6O.C12H9NS/c1-15-27-38(10,46)31(42)24(6)40(13)19-20(2)17-36(8,45)33(52-35-29(41)26(39(11)12)16-21(3)48-35)22(4)30(23(5)34(44)50-27)51-28-18-37(9,47-14)32(43)25(7)49-28;1-2-3-10-22-26-25(15-6-7-16-25)24(32)31(22)17-18-11-13-19(14-12-18)20-8-4-5-9-21(20)23-27-29-30-28-23;1-3-7-11-9(5-1)13-10-6-2-4-8-12(10)14-11/h20-33,35,41-43,45-46H,15-19H2,1-14H3;4-5,8-9,11-14H,2-3,6-7,10,15-17H2,1H3,(H,27,28,29,30);1-8,13H/t20-,21-,22+,23-,24-,25+,26+,27-,28+,29-,30+,31-,32+,33-,35+,36-,37-,38-;;/m1../s1. The first kappa shape index (κ1) is 76.4. The molecule has 3 saturated heterocycles. The summed E-state index contributed by atoms with van der Waals surface area (Å²) in [5, 5.41) is 75.9. The van der Waals surface area contributed by atoms with Gasteiger partial charge in [-0.15, -0.1) is 5.10 Å². The molecule has 4 fully saturated rings. The molecule has 0 bridgehead atoms. The Kier molecular flexibility index (Phi) is 25.7. The molecule has 0 radical (unpaired) electrons. The molecular formula is C75H109N9O13S. The number of hydrogen-bond donors (Lipinski definition) is 7. The number of carbonyl (C=O) groups is 2. The number of para-hydroxylation sites is 2. The zero-order valence-electron chi connectivity index (χ0n) is 60.1. The van der Waals surface area contributed by atoms with E-state index in [0.717, 1.165) is 73.0 Å². The minimum absolute atomic E-state index is 0.133. The monoisotopic (exact) mass is 1380 g/mol. The number of amidine groups is 1. The Morgan fingerprint density at radius 3 is 2.03 bits per heavy atom. The average Bonchev–Trinajstić information content (AvgIpc) is 1.35. The van der Waals surface area contributed by atoms with E-state index in [1.807, 2.05) is 86.6 Å². The molecule has 11 rings (SSSR count). The van der Waals surface area contributed by atoms with E-state index in [9.17, 15) is 35.1 Å². The van der Waals surface area contributed by atoms with Gasteiger partial charge >= 0.3 is 5.97 Å². The third kappa shape index (κ3) is 17.4. The van der Waals surface area contributed by atoms with Gasteiger partial charge in [0.1, 0.15) is 41.4 Å². The van der Waals surface area contributed by atoms with Crippen LogP contribution in [0.1, 0.15) is 152 Å². The second kappa shape index (κ2) is 32.9.